The molecule has 226 valence electrons. The van der Waals surface area contributed by atoms with Gasteiger partial charge in [-0.15, -0.1) is 0 Å². The molecule has 9 heteroatoms. The van der Waals surface area contributed by atoms with E-state index in [-0.39, 0.29) is 0 Å². The van der Waals surface area contributed by atoms with Crippen molar-refractivity contribution in [2.45, 2.75) is 38.9 Å². The summed E-state index contributed by atoms with van der Waals surface area (Å²) in [4.78, 5) is 13.7. The lowest BCUT2D eigenvalue weighted by molar-refractivity contribution is 0.00578. The molecule has 0 bridgehead atoms. The zero-order valence-electron chi connectivity index (χ0n) is 26.6. The summed E-state index contributed by atoms with van der Waals surface area (Å²) in [5.41, 5.74) is 6.85. The smallest absolute Gasteiger partial charge is 0.399 e. The molecule has 0 aliphatic carbocycles. The van der Waals surface area contributed by atoms with E-state index in [0.717, 1.165) is 50.5 Å². The van der Waals surface area contributed by atoms with Gasteiger partial charge in [0.1, 0.15) is 5.82 Å². The summed E-state index contributed by atoms with van der Waals surface area (Å²) in [5, 5.41) is 4.24. The molecule has 0 spiro atoms. The van der Waals surface area contributed by atoms with Crippen molar-refractivity contribution in [2.24, 2.45) is 0 Å². The third-order valence-electron chi connectivity index (χ3n) is 8.34. The fourth-order valence-corrected chi connectivity index (χ4v) is 5.13. The molecule has 7 nitrogen and oxygen atoms in total. The van der Waals surface area contributed by atoms with Crippen LogP contribution in [0.3, 0.4) is 0 Å². The molecule has 7 rings (SSSR count). The van der Waals surface area contributed by atoms with E-state index < -0.39 is 18.3 Å². The Morgan fingerprint density at radius 2 is 1.20 bits per heavy atom. The number of halogens is 1. The first-order chi connectivity index (χ1) is 22.2. The molecule has 2 aromatic heterocycles. The summed E-state index contributed by atoms with van der Waals surface area (Å²) in [6, 6.07) is 36.4. The fraction of sp³-hybridized carbons (Fsp3) is 0.194. The molecular formula is C36H34BIN4O3. The minimum atomic E-state index is -0.419. The number of H-pyrrole nitrogens is 1. The lowest BCUT2D eigenvalue weighted by atomic mass is 9.79. The first-order valence-electron chi connectivity index (χ1n) is 15.4. The van der Waals surface area contributed by atoms with E-state index in [1.54, 1.807) is 0 Å². The maximum atomic E-state index is 6.20. The molecular weight excluding hydrogens is 674 g/mol. The number of hydrogen-bond acceptors (Lipinski definition) is 6. The maximum absolute atomic E-state index is 6.20. The molecule has 0 radical (unpaired) electrons. The van der Waals surface area contributed by atoms with E-state index in [4.69, 9.17) is 20.2 Å². The van der Waals surface area contributed by atoms with Crippen molar-refractivity contribution in [2.75, 3.05) is 4.91 Å². The molecule has 0 saturated carbocycles. The summed E-state index contributed by atoms with van der Waals surface area (Å²) in [7, 11) is -0.419. The van der Waals surface area contributed by atoms with E-state index >= 15 is 0 Å². The quantitative estimate of drug-likeness (QED) is 0.106. The van der Waals surface area contributed by atoms with Gasteiger partial charge in [0.25, 0.3) is 5.89 Å². The summed E-state index contributed by atoms with van der Waals surface area (Å²) < 4.78 is 24.2. The normalized spacial score (nSPS) is 15.3. The highest BCUT2D eigenvalue weighted by Gasteiger charge is 2.51. The zero-order chi connectivity index (χ0) is 32.3. The number of hydrogen-bond donors (Lipinski definition) is 1. The Morgan fingerprint density at radius 1 is 0.667 bits per heavy atom. The number of nitrogens with zero attached hydrogens (tertiary/aromatic N) is 3. The Hall–Kier alpha value is -4.06. The third kappa shape index (κ3) is 6.25. The second-order valence-electron chi connectivity index (χ2n) is 11.8. The Bertz CT molecular complexity index is 1820. The fourth-order valence-electron chi connectivity index (χ4n) is 5.13. The molecule has 1 saturated heterocycles. The van der Waals surface area contributed by atoms with Crippen molar-refractivity contribution in [3.8, 4) is 56.7 Å². The van der Waals surface area contributed by atoms with Crippen molar-refractivity contribution in [1.82, 2.24) is 20.1 Å². The van der Waals surface area contributed by atoms with Gasteiger partial charge in [0.15, 0.2) is 0 Å². The standard InChI is InChI=1S/C35H31BN4O3.CH3I/c1-34(2)35(3,4)43-36(42-34)28-21-19-27(20-22-28)33-39-32(40-41-33)26-17-15-25(16-18-26)31-37-29(23-11-7-5-8-12-23)30(38-31)24-13-9-6-10-14-24;1-2/h5-22H,1-4H3,(H,37,38);1H3/i;1D. The van der Waals surface area contributed by atoms with Crippen molar-refractivity contribution < 1.29 is 15.2 Å². The van der Waals surface area contributed by atoms with E-state index in [1.165, 1.54) is 0 Å². The SMILES string of the molecule is CC1(C)OB(c2ccc(-c3nc(-c4ccc(-c5nc(-c6ccccc6)c(-c6ccccc6)[nH]5)cc4)no3)cc2)OC1(C)C.[2H]CI. The first kappa shape index (κ1) is 29.6. The van der Waals surface area contributed by atoms with Gasteiger partial charge in [-0.2, -0.15) is 4.98 Å². The van der Waals surface area contributed by atoms with Crippen molar-refractivity contribution >= 4 is 35.2 Å². The molecule has 4 aromatic carbocycles. The van der Waals surface area contributed by atoms with Crippen LogP contribution in [0.5, 0.6) is 0 Å². The molecule has 6 aromatic rings. The molecule has 1 fully saturated rings. The average molecular weight is 709 g/mol. The van der Waals surface area contributed by atoms with Crippen LogP contribution in [-0.2, 0) is 9.31 Å². The lowest BCUT2D eigenvalue weighted by Crippen LogP contribution is -2.41. The van der Waals surface area contributed by atoms with Gasteiger partial charge in [-0.25, -0.2) is 4.98 Å². The summed E-state index contributed by atoms with van der Waals surface area (Å²) >= 11 is 1.96. The topological polar surface area (TPSA) is 86.1 Å². The van der Waals surface area contributed by atoms with E-state index in [2.05, 4.69) is 39.4 Å². The summed E-state index contributed by atoms with van der Waals surface area (Å²) in [6.07, 6.45) is 0. The van der Waals surface area contributed by atoms with Gasteiger partial charge in [-0.05, 0) is 50.2 Å². The Morgan fingerprint density at radius 3 is 1.80 bits per heavy atom. The first-order valence-corrected chi connectivity index (χ1v) is 16.2. The van der Waals surface area contributed by atoms with Crippen LogP contribution in [0.4, 0.5) is 0 Å². The minimum absolute atomic E-state index is 0.390. The third-order valence-corrected chi connectivity index (χ3v) is 8.34. The Labute approximate surface area is 279 Å². The number of aromatic amines is 1. The number of imidazole rings is 1. The van der Waals surface area contributed by atoms with Crippen LogP contribution in [0.15, 0.2) is 114 Å². The number of alkyl halides is 1. The van der Waals surface area contributed by atoms with Gasteiger partial charge in [0, 0.05) is 29.2 Å². The van der Waals surface area contributed by atoms with Crippen LogP contribution in [0, 0.1) is 0 Å². The van der Waals surface area contributed by atoms with Crippen LogP contribution in [0.25, 0.3) is 56.7 Å². The Balaban J connectivity index is 0.00000119. The maximum Gasteiger partial charge on any atom is 0.494 e. The number of rotatable bonds is 6. The highest BCUT2D eigenvalue weighted by Crippen LogP contribution is 2.37. The van der Waals surface area contributed by atoms with E-state index in [9.17, 15) is 0 Å². The van der Waals surface area contributed by atoms with Gasteiger partial charge in [-0.3, -0.25) is 0 Å². The molecule has 0 unspecified atom stereocenters. The lowest BCUT2D eigenvalue weighted by Gasteiger charge is -2.32. The second kappa shape index (κ2) is 12.7. The highest BCUT2D eigenvalue weighted by atomic mass is 127. The molecule has 1 N–H and O–H groups in total. The molecule has 45 heavy (non-hydrogen) atoms. The predicted octanol–water partition coefficient (Wildman–Crippen LogP) is 8.48. The summed E-state index contributed by atoms with van der Waals surface area (Å²) in [6.45, 7) is 8.19. The monoisotopic (exact) mass is 709 g/mol. The van der Waals surface area contributed by atoms with Gasteiger partial charge >= 0.3 is 7.12 Å². The average Bonchev–Trinajstić information content (AvgIpc) is 3.79. The summed E-state index contributed by atoms with van der Waals surface area (Å²) in [5.74, 6) is 1.76. The Kier molecular flexibility index (Phi) is 8.40. The van der Waals surface area contributed by atoms with Crippen LogP contribution in [0.2, 0.25) is 0 Å². The number of benzene rings is 4. The van der Waals surface area contributed by atoms with Gasteiger partial charge < -0.3 is 18.8 Å². The second-order valence-corrected chi connectivity index (χ2v) is 11.8. The largest absolute Gasteiger partial charge is 0.494 e. The van der Waals surface area contributed by atoms with Crippen molar-refractivity contribution in [3.63, 3.8) is 0 Å². The van der Waals surface area contributed by atoms with Gasteiger partial charge in [-0.1, -0.05) is 125 Å². The van der Waals surface area contributed by atoms with Crippen molar-refractivity contribution in [3.05, 3.63) is 109 Å². The van der Waals surface area contributed by atoms with Crippen molar-refractivity contribution in [1.29, 1.82) is 0 Å². The van der Waals surface area contributed by atoms with Gasteiger partial charge in [0.05, 0.1) is 22.6 Å². The molecule has 0 atom stereocenters. The molecule has 0 amide bonds. The number of aromatic nitrogens is 4. The highest BCUT2D eigenvalue weighted by molar-refractivity contribution is 14.1. The van der Waals surface area contributed by atoms with E-state index in [1.807, 2.05) is 135 Å². The van der Waals surface area contributed by atoms with Crippen LogP contribution in [0.1, 0.15) is 29.1 Å². The van der Waals surface area contributed by atoms with E-state index in [0.29, 0.717) is 16.6 Å². The minimum Gasteiger partial charge on any atom is -0.399 e. The number of nitrogens with one attached hydrogen (secondary N) is 1. The van der Waals surface area contributed by atoms with Crippen LogP contribution in [-0.4, -0.2) is 43.3 Å². The van der Waals surface area contributed by atoms with Gasteiger partial charge in [0.2, 0.25) is 5.82 Å². The molecule has 1 aliphatic rings. The predicted molar refractivity (Wildman–Crippen MR) is 189 cm³/mol. The molecule has 3 heterocycles. The zero-order valence-corrected chi connectivity index (χ0v) is 27.8. The van der Waals surface area contributed by atoms with Crippen LogP contribution >= 0.6 is 22.6 Å². The van der Waals surface area contributed by atoms with Crippen LogP contribution < -0.4 is 5.46 Å². The molecule has 1 aliphatic heterocycles.